The molecule has 1 aromatic carbocycles. The zero-order chi connectivity index (χ0) is 14.8. The zero-order valence-electron chi connectivity index (χ0n) is 11.5. The fraction of sp³-hybridized carbons (Fsp3) is 0.0625. The Bertz CT molecular complexity index is 824. The van der Waals surface area contributed by atoms with Gasteiger partial charge in [0.1, 0.15) is 10.8 Å². The van der Waals surface area contributed by atoms with Crippen molar-refractivity contribution in [2.24, 2.45) is 5.73 Å². The summed E-state index contributed by atoms with van der Waals surface area (Å²) in [5.74, 6) is 0.717. The van der Waals surface area contributed by atoms with Gasteiger partial charge >= 0.3 is 0 Å². The number of nitrogens with two attached hydrogens (primary N) is 1. The zero-order valence-corrected chi connectivity index (χ0v) is 12.3. The van der Waals surface area contributed by atoms with Gasteiger partial charge in [-0.2, -0.15) is 0 Å². The number of thiocarbonyl (C=S) groups is 1. The van der Waals surface area contributed by atoms with E-state index in [1.54, 1.807) is 6.20 Å². The normalized spacial score (nSPS) is 10.5. The summed E-state index contributed by atoms with van der Waals surface area (Å²) in [6, 6.07) is 13.6. The number of hydrogen-bond acceptors (Lipinski definition) is 4. The molecule has 0 bridgehead atoms. The first-order valence-electron chi connectivity index (χ1n) is 6.53. The summed E-state index contributed by atoms with van der Waals surface area (Å²) in [5.41, 5.74) is 9.25. The van der Waals surface area contributed by atoms with Crippen LogP contribution in [-0.2, 0) is 0 Å². The minimum absolute atomic E-state index is 0.364. The van der Waals surface area contributed by atoms with Crippen LogP contribution < -0.4 is 11.1 Å². The molecule has 0 fully saturated rings. The molecule has 3 N–H and O–H groups in total. The third-order valence-corrected chi connectivity index (χ3v) is 3.38. The molecule has 104 valence electrons. The Morgan fingerprint density at radius 1 is 1.19 bits per heavy atom. The molecule has 0 saturated heterocycles. The van der Waals surface area contributed by atoms with Gasteiger partial charge in [0.05, 0.1) is 5.52 Å². The lowest BCUT2D eigenvalue weighted by Gasteiger charge is -2.10. The Morgan fingerprint density at radius 3 is 2.86 bits per heavy atom. The largest absolute Gasteiger partial charge is 0.389 e. The van der Waals surface area contributed by atoms with Crippen LogP contribution in [0.15, 0.2) is 48.7 Å². The average molecular weight is 294 g/mol. The Labute approximate surface area is 128 Å². The summed E-state index contributed by atoms with van der Waals surface area (Å²) in [6.45, 7) is 1.91. The maximum absolute atomic E-state index is 5.70. The first-order chi connectivity index (χ1) is 10.1. The van der Waals surface area contributed by atoms with Crippen molar-refractivity contribution in [3.63, 3.8) is 0 Å². The van der Waals surface area contributed by atoms with Crippen molar-refractivity contribution in [1.29, 1.82) is 0 Å². The van der Waals surface area contributed by atoms with Gasteiger partial charge in [0.15, 0.2) is 0 Å². The minimum atomic E-state index is 0.364. The molecular weight excluding hydrogens is 280 g/mol. The van der Waals surface area contributed by atoms with Gasteiger partial charge in [-0.25, -0.2) is 4.98 Å². The average Bonchev–Trinajstić information content (AvgIpc) is 2.47. The lowest BCUT2D eigenvalue weighted by molar-refractivity contribution is 1.19. The fourth-order valence-electron chi connectivity index (χ4n) is 2.23. The second kappa shape index (κ2) is 5.46. The van der Waals surface area contributed by atoms with E-state index in [1.165, 1.54) is 0 Å². The van der Waals surface area contributed by atoms with Gasteiger partial charge < -0.3 is 11.1 Å². The second-order valence-electron chi connectivity index (χ2n) is 4.75. The molecule has 5 heteroatoms. The Morgan fingerprint density at radius 2 is 2.05 bits per heavy atom. The SMILES string of the molecule is Cc1cc(C(N)=S)cc(Nc2cccc3ncccc23)n1. The standard InChI is InChI=1S/C16H14N4S/c1-10-8-11(16(17)21)9-15(19-10)20-14-6-2-5-13-12(14)4-3-7-18-13/h2-9H,1H3,(H2,17,21)(H,19,20). The molecule has 0 aliphatic heterocycles. The highest BCUT2D eigenvalue weighted by atomic mass is 32.1. The number of nitrogens with zero attached hydrogens (tertiary/aromatic N) is 2. The van der Waals surface area contributed by atoms with Crippen LogP contribution in [0.5, 0.6) is 0 Å². The van der Waals surface area contributed by atoms with Crippen molar-refractivity contribution >= 4 is 39.6 Å². The third kappa shape index (κ3) is 2.83. The molecule has 3 rings (SSSR count). The summed E-state index contributed by atoms with van der Waals surface area (Å²) in [6.07, 6.45) is 1.78. The molecule has 0 unspecified atom stereocenters. The van der Waals surface area contributed by atoms with E-state index in [1.807, 2.05) is 49.4 Å². The maximum atomic E-state index is 5.70. The molecule has 2 aromatic heterocycles. The van der Waals surface area contributed by atoms with Crippen molar-refractivity contribution in [2.75, 3.05) is 5.32 Å². The number of anilines is 2. The summed E-state index contributed by atoms with van der Waals surface area (Å²) in [7, 11) is 0. The van der Waals surface area contributed by atoms with Crippen LogP contribution in [0, 0.1) is 6.92 Å². The van der Waals surface area contributed by atoms with E-state index in [-0.39, 0.29) is 0 Å². The van der Waals surface area contributed by atoms with Crippen LogP contribution in [-0.4, -0.2) is 15.0 Å². The number of fused-ring (bicyclic) bond motifs is 1. The number of nitrogens with one attached hydrogen (secondary N) is 1. The Balaban J connectivity index is 2.05. The van der Waals surface area contributed by atoms with Gasteiger partial charge in [0.25, 0.3) is 0 Å². The van der Waals surface area contributed by atoms with E-state index in [0.29, 0.717) is 10.8 Å². The monoisotopic (exact) mass is 294 g/mol. The minimum Gasteiger partial charge on any atom is -0.389 e. The van der Waals surface area contributed by atoms with E-state index in [2.05, 4.69) is 15.3 Å². The molecule has 0 atom stereocenters. The number of aryl methyl sites for hydroxylation is 1. The summed E-state index contributed by atoms with van der Waals surface area (Å²) in [5, 5.41) is 4.36. The van der Waals surface area contributed by atoms with E-state index in [4.69, 9.17) is 18.0 Å². The van der Waals surface area contributed by atoms with Crippen LogP contribution in [0.3, 0.4) is 0 Å². The van der Waals surface area contributed by atoms with Crippen LogP contribution in [0.2, 0.25) is 0 Å². The highest BCUT2D eigenvalue weighted by Gasteiger charge is 2.05. The number of benzene rings is 1. The van der Waals surface area contributed by atoms with Crippen molar-refractivity contribution in [1.82, 2.24) is 9.97 Å². The summed E-state index contributed by atoms with van der Waals surface area (Å²) >= 11 is 5.04. The first-order valence-corrected chi connectivity index (χ1v) is 6.93. The number of pyridine rings is 2. The molecule has 0 spiro atoms. The highest BCUT2D eigenvalue weighted by Crippen LogP contribution is 2.24. The van der Waals surface area contributed by atoms with Crippen molar-refractivity contribution < 1.29 is 0 Å². The molecule has 0 radical (unpaired) electrons. The lowest BCUT2D eigenvalue weighted by atomic mass is 10.1. The van der Waals surface area contributed by atoms with E-state index < -0.39 is 0 Å². The van der Waals surface area contributed by atoms with Gasteiger partial charge in [0, 0.05) is 28.5 Å². The van der Waals surface area contributed by atoms with Gasteiger partial charge in [-0.1, -0.05) is 18.3 Å². The second-order valence-corrected chi connectivity index (χ2v) is 5.19. The van der Waals surface area contributed by atoms with Crippen LogP contribution in [0.1, 0.15) is 11.3 Å². The van der Waals surface area contributed by atoms with E-state index in [0.717, 1.165) is 27.8 Å². The summed E-state index contributed by atoms with van der Waals surface area (Å²) < 4.78 is 0. The number of aromatic nitrogens is 2. The molecule has 0 saturated carbocycles. The first kappa shape index (κ1) is 13.5. The van der Waals surface area contributed by atoms with Gasteiger partial charge in [0.2, 0.25) is 0 Å². The smallest absolute Gasteiger partial charge is 0.131 e. The molecule has 0 aliphatic rings. The van der Waals surface area contributed by atoms with Crippen molar-refractivity contribution in [3.05, 3.63) is 59.9 Å². The molecular formula is C16H14N4S. The number of rotatable bonds is 3. The Hall–Kier alpha value is -2.53. The topological polar surface area (TPSA) is 63.8 Å². The predicted octanol–water partition coefficient (Wildman–Crippen LogP) is 3.32. The van der Waals surface area contributed by atoms with Crippen LogP contribution in [0.4, 0.5) is 11.5 Å². The van der Waals surface area contributed by atoms with Gasteiger partial charge in [-0.05, 0) is 43.3 Å². The highest BCUT2D eigenvalue weighted by molar-refractivity contribution is 7.80. The molecule has 4 nitrogen and oxygen atoms in total. The van der Waals surface area contributed by atoms with Gasteiger partial charge in [-0.3, -0.25) is 4.98 Å². The van der Waals surface area contributed by atoms with E-state index >= 15 is 0 Å². The van der Waals surface area contributed by atoms with Crippen molar-refractivity contribution in [2.45, 2.75) is 6.92 Å². The number of hydrogen-bond donors (Lipinski definition) is 2. The predicted molar refractivity (Wildman–Crippen MR) is 89.9 cm³/mol. The quantitative estimate of drug-likeness (QED) is 0.726. The van der Waals surface area contributed by atoms with E-state index in [9.17, 15) is 0 Å². The molecule has 3 aromatic rings. The molecule has 0 aliphatic carbocycles. The summed E-state index contributed by atoms with van der Waals surface area (Å²) in [4.78, 5) is 9.18. The maximum Gasteiger partial charge on any atom is 0.131 e. The third-order valence-electron chi connectivity index (χ3n) is 3.15. The van der Waals surface area contributed by atoms with Crippen molar-refractivity contribution in [3.8, 4) is 0 Å². The van der Waals surface area contributed by atoms with Crippen LogP contribution in [0.25, 0.3) is 10.9 Å². The van der Waals surface area contributed by atoms with Crippen LogP contribution >= 0.6 is 12.2 Å². The molecule has 2 heterocycles. The fourth-order valence-corrected chi connectivity index (χ4v) is 2.34. The molecule has 0 amide bonds. The Kier molecular flexibility index (Phi) is 3.50. The molecule has 21 heavy (non-hydrogen) atoms. The van der Waals surface area contributed by atoms with Gasteiger partial charge in [-0.15, -0.1) is 0 Å². The lowest BCUT2D eigenvalue weighted by Crippen LogP contribution is -2.10.